The summed E-state index contributed by atoms with van der Waals surface area (Å²) in [6.07, 6.45) is 9.01. The van der Waals surface area contributed by atoms with Gasteiger partial charge >= 0.3 is 5.97 Å². The number of carboxylic acid groups (broad SMARTS) is 1. The van der Waals surface area contributed by atoms with Gasteiger partial charge in [0.15, 0.2) is 0 Å². The van der Waals surface area contributed by atoms with Crippen LogP contribution in [0, 0.1) is 62.1 Å². The summed E-state index contributed by atoms with van der Waals surface area (Å²) < 4.78 is 15.7. The van der Waals surface area contributed by atoms with E-state index in [0.29, 0.717) is 38.0 Å². The van der Waals surface area contributed by atoms with E-state index in [4.69, 9.17) is 20.3 Å². The summed E-state index contributed by atoms with van der Waals surface area (Å²) in [7, 11) is 3.49. The first-order chi connectivity index (χ1) is 23.9. The number of ether oxygens (including phenoxy) is 2. The zero-order chi connectivity index (χ0) is 38.6. The molecule has 1 aromatic rings. The second-order valence-electron chi connectivity index (χ2n) is 20.7. The molecule has 12 atom stereocenters. The number of aliphatic carboxylic acids is 1. The number of fused-ring (bicyclic) bond motifs is 3. The predicted octanol–water partition coefficient (Wildman–Crippen LogP) is 7.26. The lowest BCUT2D eigenvalue weighted by Gasteiger charge is -2.71. The zero-order valence-electron chi connectivity index (χ0n) is 34.5. The molecule has 1 saturated heterocycles. The Kier molecular flexibility index (Phi) is 9.56. The molecule has 4 fully saturated rings. The van der Waals surface area contributed by atoms with E-state index in [0.717, 1.165) is 32.1 Å². The molecule has 10 nitrogen and oxygen atoms in total. The molecule has 5 aliphatic rings. The van der Waals surface area contributed by atoms with Crippen LogP contribution in [0.5, 0.6) is 0 Å². The molecule has 6 rings (SSSR count). The highest BCUT2D eigenvalue weighted by molar-refractivity contribution is 5.90. The molecule has 1 aliphatic heterocycles. The van der Waals surface area contributed by atoms with Crippen molar-refractivity contribution < 1.29 is 24.2 Å². The van der Waals surface area contributed by atoms with Crippen molar-refractivity contribution in [2.75, 3.05) is 33.9 Å². The Morgan fingerprint density at radius 2 is 1.75 bits per heavy atom. The van der Waals surface area contributed by atoms with E-state index < -0.39 is 28.3 Å². The molecule has 10 heteroatoms. The van der Waals surface area contributed by atoms with Crippen LogP contribution in [-0.2, 0) is 14.3 Å². The fraction of sp³-hybridized carbons (Fsp3) is 0.857. The van der Waals surface area contributed by atoms with E-state index in [2.05, 4.69) is 87.2 Å². The summed E-state index contributed by atoms with van der Waals surface area (Å²) in [5.74, 6) is 0.229. The summed E-state index contributed by atoms with van der Waals surface area (Å²) >= 11 is 0. The number of nitrogens with zero attached hydrogens (tertiary/aromatic N) is 4. The largest absolute Gasteiger partial charge is 0.481 e. The molecule has 4 aliphatic carbocycles. The van der Waals surface area contributed by atoms with Crippen LogP contribution in [0.25, 0.3) is 0 Å². The number of amides is 1. The maximum absolute atomic E-state index is 13.6. The van der Waals surface area contributed by atoms with Gasteiger partial charge in [-0.15, -0.1) is 0 Å². The first kappa shape index (κ1) is 39.4. The second kappa shape index (κ2) is 12.6. The number of carbonyl (C=O) groups is 2. The van der Waals surface area contributed by atoms with Crippen LogP contribution in [0.15, 0.2) is 18.0 Å². The number of carbonyl (C=O) groups excluding carboxylic acids is 1. The Hall–Kier alpha value is -2.30. The lowest BCUT2D eigenvalue weighted by molar-refractivity contribution is -0.253. The SMILES string of the molecule is CC(C)[C@@H](C)[C@@]1(C)CC[C@]2(C)[C@H]3CC[C@@H]4[C@@]5(COC[C@@]4(C)[C@@H](OC[C@](C)(N)C(C)(C)C)[C@H](n4ncnc4C(=O)N(C)C)C5)C3=CC[C@@]2(C)[C@@H]1C(=O)O. The van der Waals surface area contributed by atoms with Crippen LogP contribution in [0.3, 0.4) is 0 Å². The first-order valence-electron chi connectivity index (χ1n) is 20.0. The molecular weight excluding hydrogens is 654 g/mol. The molecule has 1 amide bonds. The Balaban J connectivity index is 1.48. The minimum atomic E-state index is -0.648. The van der Waals surface area contributed by atoms with Gasteiger partial charge in [0.05, 0.1) is 37.9 Å². The Morgan fingerprint density at radius 1 is 1.08 bits per heavy atom. The monoisotopic (exact) mass is 724 g/mol. The van der Waals surface area contributed by atoms with Crippen LogP contribution in [0.4, 0.5) is 0 Å². The van der Waals surface area contributed by atoms with Gasteiger partial charge in [0.1, 0.15) is 6.33 Å². The van der Waals surface area contributed by atoms with E-state index in [-0.39, 0.29) is 57.5 Å². The summed E-state index contributed by atoms with van der Waals surface area (Å²) in [4.78, 5) is 33.2. The van der Waals surface area contributed by atoms with Gasteiger partial charge in [-0.3, -0.25) is 9.59 Å². The number of allylic oxidation sites excluding steroid dienone is 1. The molecule has 0 radical (unpaired) electrons. The smallest absolute Gasteiger partial charge is 0.307 e. The lowest BCUT2D eigenvalue weighted by Crippen LogP contribution is -2.69. The topological polar surface area (TPSA) is 133 Å². The van der Waals surface area contributed by atoms with Gasteiger partial charge in [0.25, 0.3) is 5.91 Å². The number of nitrogens with two attached hydrogens (primary N) is 1. The number of hydrogen-bond donors (Lipinski definition) is 2. The normalized spacial score (nSPS) is 41.9. The predicted molar refractivity (Wildman–Crippen MR) is 202 cm³/mol. The summed E-state index contributed by atoms with van der Waals surface area (Å²) in [6.45, 7) is 26.1. The van der Waals surface area contributed by atoms with Crippen LogP contribution in [-0.4, -0.2) is 82.2 Å². The molecule has 52 heavy (non-hydrogen) atoms. The highest BCUT2D eigenvalue weighted by Crippen LogP contribution is 2.75. The van der Waals surface area contributed by atoms with Crippen molar-refractivity contribution in [3.8, 4) is 0 Å². The molecule has 2 heterocycles. The molecule has 2 bridgehead atoms. The maximum Gasteiger partial charge on any atom is 0.307 e. The molecule has 3 saturated carbocycles. The summed E-state index contributed by atoms with van der Waals surface area (Å²) in [6, 6.07) is -0.281. The van der Waals surface area contributed by atoms with Gasteiger partial charge in [0.2, 0.25) is 5.82 Å². The number of hydrogen-bond acceptors (Lipinski definition) is 7. The van der Waals surface area contributed by atoms with Crippen LogP contribution in [0.1, 0.15) is 131 Å². The third kappa shape index (κ3) is 5.41. The first-order valence-corrected chi connectivity index (χ1v) is 20.0. The van der Waals surface area contributed by atoms with Gasteiger partial charge in [-0.2, -0.15) is 5.10 Å². The van der Waals surface area contributed by atoms with Crippen molar-refractivity contribution in [3.05, 3.63) is 23.8 Å². The maximum atomic E-state index is 13.6. The van der Waals surface area contributed by atoms with Crippen molar-refractivity contribution >= 4 is 11.9 Å². The molecule has 0 spiro atoms. The zero-order valence-corrected chi connectivity index (χ0v) is 34.5. The van der Waals surface area contributed by atoms with Crippen molar-refractivity contribution in [1.82, 2.24) is 19.7 Å². The van der Waals surface area contributed by atoms with Gasteiger partial charge in [0, 0.05) is 30.5 Å². The van der Waals surface area contributed by atoms with E-state index in [1.54, 1.807) is 19.0 Å². The highest BCUT2D eigenvalue weighted by atomic mass is 16.5. The fourth-order valence-corrected chi connectivity index (χ4v) is 12.4. The third-order valence-corrected chi connectivity index (χ3v) is 16.9. The molecule has 292 valence electrons. The number of aromatic nitrogens is 3. The van der Waals surface area contributed by atoms with E-state index in [1.165, 1.54) is 11.9 Å². The van der Waals surface area contributed by atoms with E-state index in [1.807, 2.05) is 4.68 Å². The minimum absolute atomic E-state index is 0.192. The second-order valence-corrected chi connectivity index (χ2v) is 20.7. The quantitative estimate of drug-likeness (QED) is 0.268. The molecule has 1 aromatic heterocycles. The van der Waals surface area contributed by atoms with Crippen LogP contribution >= 0.6 is 0 Å². The Bertz CT molecular complexity index is 1590. The van der Waals surface area contributed by atoms with Crippen molar-refractivity contribution in [3.63, 3.8) is 0 Å². The minimum Gasteiger partial charge on any atom is -0.481 e. The highest BCUT2D eigenvalue weighted by Gasteiger charge is 2.72. The molecule has 0 unspecified atom stereocenters. The number of rotatable bonds is 8. The summed E-state index contributed by atoms with van der Waals surface area (Å²) in [5, 5.41) is 15.9. The van der Waals surface area contributed by atoms with E-state index in [9.17, 15) is 14.7 Å². The standard InChI is InChI=1S/C42H69N5O5/c1-25(2)26(3)37(7)18-19-39(9)27-14-15-30-38(8)21-51-23-42(30,28(27)16-17-40(39,10)31(37)35(49)50)20-29(32(38)52-22-41(11,43)36(4,5)6)47-33(44-24-45-47)34(48)46(12)13/h16,24-27,29-32H,14-15,17-23,43H2,1-13H3,(H,49,50)/t26-,27+,29-,30+,31-,32+,37-,38-,39-,40+,41+,42+/m1/s1. The van der Waals surface area contributed by atoms with E-state index >= 15 is 0 Å². The summed E-state index contributed by atoms with van der Waals surface area (Å²) in [5.41, 5.74) is 6.00. The van der Waals surface area contributed by atoms with Crippen molar-refractivity contribution in [2.45, 2.75) is 132 Å². The molecular formula is C42H69N5O5. The van der Waals surface area contributed by atoms with Crippen molar-refractivity contribution in [1.29, 1.82) is 0 Å². The Labute approximate surface area is 313 Å². The molecule has 0 aromatic carbocycles. The third-order valence-electron chi connectivity index (χ3n) is 16.9. The van der Waals surface area contributed by atoms with Gasteiger partial charge in [-0.1, -0.05) is 80.9 Å². The van der Waals surface area contributed by atoms with Crippen LogP contribution < -0.4 is 5.73 Å². The van der Waals surface area contributed by atoms with Crippen molar-refractivity contribution in [2.24, 2.45) is 67.8 Å². The van der Waals surface area contributed by atoms with Gasteiger partial charge in [-0.25, -0.2) is 9.67 Å². The lowest BCUT2D eigenvalue weighted by atomic mass is 9.34. The van der Waals surface area contributed by atoms with Gasteiger partial charge < -0.3 is 25.2 Å². The molecule has 3 N–H and O–H groups in total. The van der Waals surface area contributed by atoms with Gasteiger partial charge in [-0.05, 0) is 90.8 Å². The van der Waals surface area contributed by atoms with Crippen LogP contribution in [0.2, 0.25) is 0 Å². The average molecular weight is 724 g/mol. The Morgan fingerprint density at radius 3 is 2.35 bits per heavy atom. The fourth-order valence-electron chi connectivity index (χ4n) is 12.4. The average Bonchev–Trinajstić information content (AvgIpc) is 3.52. The number of carboxylic acids is 1.